The van der Waals surface area contributed by atoms with E-state index < -0.39 is 0 Å². The second-order valence-corrected chi connectivity index (χ2v) is 14.1. The molecule has 8 aromatic carbocycles. The van der Waals surface area contributed by atoms with Crippen molar-refractivity contribution >= 4 is 55.2 Å². The first kappa shape index (κ1) is 33.2. The molecular weight excluding hydrogens is 683 g/mol. The molecule has 0 saturated heterocycles. The van der Waals surface area contributed by atoms with Gasteiger partial charge in [-0.2, -0.15) is 0 Å². The molecule has 2 aromatic heterocycles. The van der Waals surface area contributed by atoms with Gasteiger partial charge in [0.1, 0.15) is 11.2 Å². The standard InChI is InChI=1S/C52H37N3O/c53-47(36-16-4-1-5-17-36)33-48(37-18-6-2-7-19-37)54-34-35-15-12-20-38(31-35)41-24-13-26-45-46-27-14-25-42(52(46)56-51(41)45)39-29-30-44-43-23-10-11-28-49(43)55(50(44)32-39)40-21-8-3-9-22-40/h1-33H,34,53H2/b47-33-,54-48?. The largest absolute Gasteiger partial charge is 0.455 e. The molecule has 4 nitrogen and oxygen atoms in total. The van der Waals surface area contributed by atoms with Gasteiger partial charge in [-0.25, -0.2) is 0 Å². The Hall–Kier alpha value is -7.43. The molecule has 0 spiro atoms. The third kappa shape index (κ3) is 5.94. The Morgan fingerprint density at radius 3 is 1.79 bits per heavy atom. The summed E-state index contributed by atoms with van der Waals surface area (Å²) in [6.07, 6.45) is 1.97. The summed E-state index contributed by atoms with van der Waals surface area (Å²) in [5, 5.41) is 4.65. The van der Waals surface area contributed by atoms with Crippen LogP contribution in [0.3, 0.4) is 0 Å². The molecule has 0 aliphatic rings. The molecule has 56 heavy (non-hydrogen) atoms. The molecule has 0 bridgehead atoms. The molecule has 0 amide bonds. The van der Waals surface area contributed by atoms with Gasteiger partial charge in [0, 0.05) is 44.1 Å². The Morgan fingerprint density at radius 1 is 0.500 bits per heavy atom. The summed E-state index contributed by atoms with van der Waals surface area (Å²) in [5.74, 6) is 0. The van der Waals surface area contributed by atoms with Crippen molar-refractivity contribution in [3.05, 3.63) is 217 Å². The first-order valence-corrected chi connectivity index (χ1v) is 18.9. The van der Waals surface area contributed by atoms with Gasteiger partial charge < -0.3 is 14.7 Å². The normalized spacial score (nSPS) is 12.3. The zero-order valence-corrected chi connectivity index (χ0v) is 30.6. The van der Waals surface area contributed by atoms with Crippen molar-refractivity contribution in [2.24, 2.45) is 10.7 Å². The SMILES string of the molecule is N/C(=C\C(=NCc1cccc(-c2cccc3c2oc2c(-c4ccc5c6ccccc6n(-c6ccccc6)c5c4)cccc23)c1)c1ccccc1)c1ccccc1. The van der Waals surface area contributed by atoms with Crippen LogP contribution in [0.5, 0.6) is 0 Å². The van der Waals surface area contributed by atoms with Crippen LogP contribution < -0.4 is 5.73 Å². The van der Waals surface area contributed by atoms with Gasteiger partial charge in [-0.15, -0.1) is 0 Å². The van der Waals surface area contributed by atoms with Crippen molar-refractivity contribution in [3.63, 3.8) is 0 Å². The van der Waals surface area contributed by atoms with E-state index in [1.165, 1.54) is 16.3 Å². The number of aliphatic imine (C=N–C) groups is 1. The number of allylic oxidation sites excluding steroid dienone is 1. The maximum Gasteiger partial charge on any atom is 0.143 e. The average molecular weight is 720 g/mol. The molecule has 10 aromatic rings. The molecule has 2 N–H and O–H groups in total. The van der Waals surface area contributed by atoms with Gasteiger partial charge >= 0.3 is 0 Å². The highest BCUT2D eigenvalue weighted by molar-refractivity contribution is 6.15. The van der Waals surface area contributed by atoms with Gasteiger partial charge in [0.25, 0.3) is 0 Å². The minimum Gasteiger partial charge on any atom is -0.455 e. The van der Waals surface area contributed by atoms with E-state index in [1.807, 2.05) is 54.6 Å². The van der Waals surface area contributed by atoms with E-state index in [4.69, 9.17) is 15.1 Å². The number of hydrogen-bond donors (Lipinski definition) is 1. The Labute approximate surface area is 325 Å². The van der Waals surface area contributed by atoms with Gasteiger partial charge in [0.15, 0.2) is 0 Å². The Kier molecular flexibility index (Phi) is 8.34. The molecular formula is C52H37N3O. The highest BCUT2D eigenvalue weighted by Crippen LogP contribution is 2.41. The second kappa shape index (κ2) is 14.1. The number of nitrogens with two attached hydrogens (primary N) is 1. The molecule has 0 aliphatic carbocycles. The number of rotatable bonds is 8. The van der Waals surface area contributed by atoms with E-state index >= 15 is 0 Å². The van der Waals surface area contributed by atoms with E-state index in [9.17, 15) is 0 Å². The number of fused-ring (bicyclic) bond motifs is 6. The van der Waals surface area contributed by atoms with Crippen LogP contribution >= 0.6 is 0 Å². The molecule has 10 rings (SSSR count). The van der Waals surface area contributed by atoms with Crippen LogP contribution in [0.4, 0.5) is 0 Å². The molecule has 0 saturated carbocycles. The van der Waals surface area contributed by atoms with Crippen LogP contribution in [0.2, 0.25) is 0 Å². The lowest BCUT2D eigenvalue weighted by Crippen LogP contribution is -2.04. The van der Waals surface area contributed by atoms with Gasteiger partial charge in [-0.05, 0) is 64.2 Å². The predicted molar refractivity (Wildman–Crippen MR) is 234 cm³/mol. The summed E-state index contributed by atoms with van der Waals surface area (Å²) >= 11 is 0. The monoisotopic (exact) mass is 719 g/mol. The van der Waals surface area contributed by atoms with Gasteiger partial charge in [0.05, 0.1) is 23.3 Å². The molecule has 0 atom stereocenters. The molecule has 2 heterocycles. The molecule has 0 radical (unpaired) electrons. The van der Waals surface area contributed by atoms with E-state index in [1.54, 1.807) is 0 Å². The fourth-order valence-corrected chi connectivity index (χ4v) is 7.97. The first-order chi connectivity index (χ1) is 27.7. The minimum absolute atomic E-state index is 0.499. The summed E-state index contributed by atoms with van der Waals surface area (Å²) < 4.78 is 9.30. The molecule has 0 fully saturated rings. The molecule has 4 heteroatoms. The maximum absolute atomic E-state index is 6.94. The van der Waals surface area contributed by atoms with Crippen molar-refractivity contribution in [3.8, 4) is 27.9 Å². The van der Waals surface area contributed by atoms with E-state index in [0.717, 1.165) is 77.8 Å². The summed E-state index contributed by atoms with van der Waals surface area (Å²) in [5.41, 5.74) is 20.7. The lowest BCUT2D eigenvalue weighted by molar-refractivity contribution is 0.671. The second-order valence-electron chi connectivity index (χ2n) is 14.1. The van der Waals surface area contributed by atoms with Crippen LogP contribution in [0, 0.1) is 0 Å². The van der Waals surface area contributed by atoms with Gasteiger partial charge in [0.2, 0.25) is 0 Å². The predicted octanol–water partition coefficient (Wildman–Crippen LogP) is 13.0. The fourth-order valence-electron chi connectivity index (χ4n) is 7.97. The number of furan rings is 1. The number of hydrogen-bond acceptors (Lipinski definition) is 3. The summed E-state index contributed by atoms with van der Waals surface area (Å²) in [6.45, 7) is 0.499. The van der Waals surface area contributed by atoms with E-state index in [-0.39, 0.29) is 0 Å². The molecule has 266 valence electrons. The average Bonchev–Trinajstić information content (AvgIpc) is 3.82. The Bertz CT molecular complexity index is 3100. The van der Waals surface area contributed by atoms with Crippen molar-refractivity contribution < 1.29 is 4.42 Å². The van der Waals surface area contributed by atoms with Crippen LogP contribution in [-0.4, -0.2) is 10.3 Å². The van der Waals surface area contributed by atoms with Crippen molar-refractivity contribution in [2.45, 2.75) is 6.54 Å². The highest BCUT2D eigenvalue weighted by Gasteiger charge is 2.18. The van der Waals surface area contributed by atoms with Gasteiger partial charge in [-0.3, -0.25) is 4.99 Å². The van der Waals surface area contributed by atoms with Crippen LogP contribution in [0.15, 0.2) is 210 Å². The first-order valence-electron chi connectivity index (χ1n) is 18.9. The Morgan fingerprint density at radius 2 is 1.07 bits per heavy atom. The molecule has 0 unspecified atom stereocenters. The summed E-state index contributed by atoms with van der Waals surface area (Å²) in [7, 11) is 0. The topological polar surface area (TPSA) is 56.4 Å². The third-order valence-corrected chi connectivity index (χ3v) is 10.7. The number of nitrogens with zero attached hydrogens (tertiary/aromatic N) is 2. The maximum atomic E-state index is 6.94. The van der Waals surface area contributed by atoms with E-state index in [2.05, 4.69) is 150 Å². The van der Waals surface area contributed by atoms with Crippen molar-refractivity contribution in [1.29, 1.82) is 0 Å². The van der Waals surface area contributed by atoms with Crippen molar-refractivity contribution in [1.82, 2.24) is 4.57 Å². The summed E-state index contributed by atoms with van der Waals surface area (Å²) in [6, 6.07) is 67.7. The third-order valence-electron chi connectivity index (χ3n) is 10.7. The number of benzene rings is 8. The highest BCUT2D eigenvalue weighted by atomic mass is 16.3. The summed E-state index contributed by atoms with van der Waals surface area (Å²) in [4.78, 5) is 5.10. The quantitative estimate of drug-likeness (QED) is 0.159. The van der Waals surface area contributed by atoms with Crippen LogP contribution in [0.1, 0.15) is 16.7 Å². The number of aromatic nitrogens is 1. The lowest BCUT2D eigenvalue weighted by Gasteiger charge is -2.09. The fraction of sp³-hybridized carbons (Fsp3) is 0.0192. The zero-order valence-electron chi connectivity index (χ0n) is 30.6. The Balaban J connectivity index is 1.05. The lowest BCUT2D eigenvalue weighted by atomic mass is 9.98. The number of para-hydroxylation sites is 4. The van der Waals surface area contributed by atoms with Crippen LogP contribution in [-0.2, 0) is 6.54 Å². The van der Waals surface area contributed by atoms with Crippen LogP contribution in [0.25, 0.3) is 77.4 Å². The van der Waals surface area contributed by atoms with Crippen molar-refractivity contribution in [2.75, 3.05) is 0 Å². The van der Waals surface area contributed by atoms with E-state index in [0.29, 0.717) is 12.2 Å². The zero-order chi connectivity index (χ0) is 37.4. The molecule has 0 aliphatic heterocycles. The van der Waals surface area contributed by atoms with Gasteiger partial charge in [-0.1, -0.05) is 164 Å². The minimum atomic E-state index is 0.499. The smallest absolute Gasteiger partial charge is 0.143 e.